The van der Waals surface area contributed by atoms with Crippen molar-refractivity contribution in [2.45, 2.75) is 47.5 Å². The van der Waals surface area contributed by atoms with Gasteiger partial charge < -0.3 is 0 Å². The van der Waals surface area contributed by atoms with Crippen molar-refractivity contribution >= 4 is 11.6 Å². The summed E-state index contributed by atoms with van der Waals surface area (Å²) in [5, 5.41) is 0.975. The fourth-order valence-corrected chi connectivity index (χ4v) is 2.16. The van der Waals surface area contributed by atoms with E-state index in [1.165, 1.54) is 28.2 Å². The summed E-state index contributed by atoms with van der Waals surface area (Å²) in [5.74, 6) is 1.47. The Morgan fingerprint density at radius 1 is 0.889 bits per heavy atom. The van der Waals surface area contributed by atoms with Gasteiger partial charge in [-0.3, -0.25) is 0 Å². The number of halogens is 1. The zero-order valence-corrected chi connectivity index (χ0v) is 15.0. The maximum Gasteiger partial charge on any atom is 0.0226 e. The number of allylic oxidation sites excluding steroid dienone is 8. The quantitative estimate of drug-likeness (QED) is 0.450. The minimum absolute atomic E-state index is 0. The third-order valence-corrected chi connectivity index (χ3v) is 4.09. The molecular weight excluding hydrogens is 420 g/mol. The predicted octanol–water partition coefficient (Wildman–Crippen LogP) is 5.72. The molecule has 2 aliphatic rings. The van der Waals surface area contributed by atoms with Crippen LogP contribution in [0.2, 0.25) is 0 Å². The average molecular weight is 442 g/mol. The first-order chi connectivity index (χ1) is 7.95. The van der Waals surface area contributed by atoms with Crippen LogP contribution < -0.4 is 0 Å². The second kappa shape index (κ2) is 8.15. The molecule has 0 saturated heterocycles. The minimum atomic E-state index is 0. The molecule has 0 nitrogen and oxygen atoms in total. The monoisotopic (exact) mass is 442 g/mol. The summed E-state index contributed by atoms with van der Waals surface area (Å²) < 4.78 is 0. The summed E-state index contributed by atoms with van der Waals surface area (Å²) in [4.78, 5) is 0. The molecular formula is C16H22ClIr. The number of rotatable bonds is 0. The molecule has 0 atom stereocenters. The molecule has 0 amide bonds. The van der Waals surface area contributed by atoms with Gasteiger partial charge in [0, 0.05) is 31.1 Å². The summed E-state index contributed by atoms with van der Waals surface area (Å²) in [6, 6.07) is 0. The average Bonchev–Trinajstić information content (AvgIpc) is 2.49. The predicted molar refractivity (Wildman–Crippen MR) is 78.0 cm³/mol. The van der Waals surface area contributed by atoms with Gasteiger partial charge in [-0.25, -0.2) is 0 Å². The third kappa shape index (κ3) is 4.53. The Morgan fingerprint density at radius 3 is 1.56 bits per heavy atom. The SMILES string of the molecule is C[C]1C(C)=C(C)C(C)=C1C.ClC1=CC=CCC1.[Ir]. The largest absolute Gasteiger partial charge is 0.0891 e. The molecule has 0 unspecified atom stereocenters. The molecule has 0 aromatic carbocycles. The van der Waals surface area contributed by atoms with Crippen LogP contribution in [-0.2, 0) is 20.1 Å². The molecule has 0 N–H and O–H groups in total. The molecule has 2 rings (SSSR count). The molecule has 0 aromatic rings. The van der Waals surface area contributed by atoms with Gasteiger partial charge in [-0.1, -0.05) is 41.8 Å². The summed E-state index contributed by atoms with van der Waals surface area (Å²) >= 11 is 5.63. The van der Waals surface area contributed by atoms with Crippen LogP contribution in [0, 0.1) is 5.92 Å². The van der Waals surface area contributed by atoms with E-state index in [9.17, 15) is 0 Å². The Bertz CT molecular complexity index is 387. The van der Waals surface area contributed by atoms with Crippen molar-refractivity contribution < 1.29 is 20.1 Å². The standard InChI is InChI=1S/C10H15.C6H7Cl.Ir/c1-6-7(2)9(4)10(5)8(6)3;7-6-4-2-1-3-5-6;/h1-5H3;1-2,4H,3,5H2;. The van der Waals surface area contributed by atoms with Gasteiger partial charge in [0.25, 0.3) is 0 Å². The first-order valence-corrected chi connectivity index (χ1v) is 6.53. The molecule has 2 heteroatoms. The summed E-state index contributed by atoms with van der Waals surface area (Å²) in [6.45, 7) is 11.0. The van der Waals surface area contributed by atoms with E-state index in [0.29, 0.717) is 0 Å². The van der Waals surface area contributed by atoms with Gasteiger partial charge in [0.2, 0.25) is 0 Å². The Hall–Kier alpha value is -0.101. The normalized spacial score (nSPS) is 19.3. The Labute approximate surface area is 130 Å². The van der Waals surface area contributed by atoms with Gasteiger partial charge in [0.05, 0.1) is 0 Å². The molecule has 18 heavy (non-hydrogen) atoms. The van der Waals surface area contributed by atoms with Gasteiger partial charge in [-0.15, -0.1) is 0 Å². The minimum Gasteiger partial charge on any atom is -0.0891 e. The third-order valence-electron chi connectivity index (χ3n) is 3.78. The summed E-state index contributed by atoms with van der Waals surface area (Å²) in [5.41, 5.74) is 5.87. The molecule has 0 fully saturated rings. The van der Waals surface area contributed by atoms with Gasteiger partial charge >= 0.3 is 0 Å². The second-order valence-electron chi connectivity index (χ2n) is 4.71. The molecule has 2 radical (unpaired) electrons. The molecule has 0 aromatic heterocycles. The van der Waals surface area contributed by atoms with Crippen LogP contribution in [0.5, 0.6) is 0 Å². The van der Waals surface area contributed by atoms with Crippen LogP contribution in [0.15, 0.2) is 45.6 Å². The first kappa shape index (κ1) is 17.9. The van der Waals surface area contributed by atoms with Crippen LogP contribution >= 0.6 is 11.6 Å². The molecule has 102 valence electrons. The van der Waals surface area contributed by atoms with Crippen LogP contribution in [0.25, 0.3) is 0 Å². The van der Waals surface area contributed by atoms with Crippen LogP contribution in [0.3, 0.4) is 0 Å². The van der Waals surface area contributed by atoms with E-state index in [2.05, 4.69) is 40.7 Å². The van der Waals surface area contributed by atoms with Crippen LogP contribution in [0.4, 0.5) is 0 Å². The van der Waals surface area contributed by atoms with E-state index in [4.69, 9.17) is 11.6 Å². The van der Waals surface area contributed by atoms with Gasteiger partial charge in [0.15, 0.2) is 0 Å². The Kier molecular flexibility index (Phi) is 8.10. The van der Waals surface area contributed by atoms with E-state index in [-0.39, 0.29) is 20.1 Å². The molecule has 0 spiro atoms. The van der Waals surface area contributed by atoms with Gasteiger partial charge in [-0.05, 0) is 57.8 Å². The van der Waals surface area contributed by atoms with Crippen molar-refractivity contribution in [1.29, 1.82) is 0 Å². The fourth-order valence-electron chi connectivity index (χ4n) is 1.98. The fraction of sp³-hybridized carbons (Fsp3) is 0.438. The van der Waals surface area contributed by atoms with E-state index in [1.807, 2.05) is 12.2 Å². The van der Waals surface area contributed by atoms with E-state index in [0.717, 1.165) is 17.9 Å². The molecule has 0 heterocycles. The first-order valence-electron chi connectivity index (χ1n) is 6.16. The van der Waals surface area contributed by atoms with E-state index >= 15 is 0 Å². The van der Waals surface area contributed by atoms with Crippen molar-refractivity contribution in [2.75, 3.05) is 0 Å². The molecule has 2 aliphatic carbocycles. The molecule has 0 saturated carbocycles. The Balaban J connectivity index is 0.000000321. The van der Waals surface area contributed by atoms with Crippen molar-refractivity contribution in [2.24, 2.45) is 0 Å². The van der Waals surface area contributed by atoms with Gasteiger partial charge in [-0.2, -0.15) is 0 Å². The molecule has 0 aliphatic heterocycles. The second-order valence-corrected chi connectivity index (χ2v) is 5.19. The maximum atomic E-state index is 5.63. The van der Waals surface area contributed by atoms with Crippen molar-refractivity contribution in [3.05, 3.63) is 51.5 Å². The van der Waals surface area contributed by atoms with Crippen LogP contribution in [-0.4, -0.2) is 0 Å². The zero-order valence-electron chi connectivity index (χ0n) is 11.9. The Morgan fingerprint density at radius 2 is 1.39 bits per heavy atom. The van der Waals surface area contributed by atoms with Crippen molar-refractivity contribution in [3.8, 4) is 0 Å². The van der Waals surface area contributed by atoms with Gasteiger partial charge in [0.1, 0.15) is 0 Å². The maximum absolute atomic E-state index is 5.63. The topological polar surface area (TPSA) is 0 Å². The van der Waals surface area contributed by atoms with E-state index < -0.39 is 0 Å². The summed E-state index contributed by atoms with van der Waals surface area (Å²) in [6.07, 6.45) is 8.18. The number of hydrogen-bond acceptors (Lipinski definition) is 0. The summed E-state index contributed by atoms with van der Waals surface area (Å²) in [7, 11) is 0. The van der Waals surface area contributed by atoms with Crippen molar-refractivity contribution in [3.63, 3.8) is 0 Å². The molecule has 0 bridgehead atoms. The van der Waals surface area contributed by atoms with Crippen molar-refractivity contribution in [1.82, 2.24) is 0 Å². The van der Waals surface area contributed by atoms with E-state index in [1.54, 1.807) is 0 Å². The zero-order chi connectivity index (χ0) is 13.0. The smallest absolute Gasteiger partial charge is 0.0226 e. The number of hydrogen-bond donors (Lipinski definition) is 0. The van der Waals surface area contributed by atoms with Crippen LogP contribution in [0.1, 0.15) is 47.5 Å².